The van der Waals surface area contributed by atoms with Gasteiger partial charge >= 0.3 is 5.97 Å². The van der Waals surface area contributed by atoms with Crippen LogP contribution in [0.15, 0.2) is 60.7 Å². The van der Waals surface area contributed by atoms with Gasteiger partial charge in [0, 0.05) is 18.8 Å². The van der Waals surface area contributed by atoms with E-state index in [1.54, 1.807) is 12.1 Å². The molecular formula is C23H24N2O3S. The summed E-state index contributed by atoms with van der Waals surface area (Å²) in [6.07, 6.45) is 0.735. The van der Waals surface area contributed by atoms with Crippen LogP contribution in [0.25, 0.3) is 0 Å². The smallest absolute Gasteiger partial charge is 0.348 e. The number of benzene rings is 2. The minimum Gasteiger partial charge on any atom is -0.465 e. The van der Waals surface area contributed by atoms with Crippen molar-refractivity contribution in [2.24, 2.45) is 0 Å². The summed E-state index contributed by atoms with van der Waals surface area (Å²) >= 11 is 1.13. The van der Waals surface area contributed by atoms with Gasteiger partial charge in [0.25, 0.3) is 5.91 Å². The van der Waals surface area contributed by atoms with Crippen molar-refractivity contribution in [3.8, 4) is 0 Å². The van der Waals surface area contributed by atoms with Gasteiger partial charge in [-0.25, -0.2) is 4.79 Å². The lowest BCUT2D eigenvalue weighted by Crippen LogP contribution is -2.24. The average molecular weight is 409 g/mol. The molecule has 0 radical (unpaired) electrons. The molecule has 5 nitrogen and oxygen atoms in total. The zero-order valence-corrected chi connectivity index (χ0v) is 17.3. The number of carbonyl (C=O) groups is 2. The van der Waals surface area contributed by atoms with E-state index in [4.69, 9.17) is 0 Å². The van der Waals surface area contributed by atoms with E-state index in [1.165, 1.54) is 18.2 Å². The molecular weight excluding hydrogens is 384 g/mol. The Morgan fingerprint density at radius 2 is 1.72 bits per heavy atom. The van der Waals surface area contributed by atoms with Crippen molar-refractivity contribution in [2.45, 2.75) is 19.9 Å². The van der Waals surface area contributed by atoms with Crippen LogP contribution < -0.4 is 10.6 Å². The van der Waals surface area contributed by atoms with E-state index in [-0.39, 0.29) is 5.91 Å². The fourth-order valence-electron chi connectivity index (χ4n) is 2.89. The highest BCUT2D eigenvalue weighted by Crippen LogP contribution is 2.17. The maximum Gasteiger partial charge on any atom is 0.348 e. The number of anilines is 1. The number of methoxy groups -OCH3 is 1. The summed E-state index contributed by atoms with van der Waals surface area (Å²) in [5.41, 5.74) is 4.72. The highest BCUT2D eigenvalue weighted by molar-refractivity contribution is 7.15. The van der Waals surface area contributed by atoms with Gasteiger partial charge in [-0.15, -0.1) is 11.3 Å². The van der Waals surface area contributed by atoms with Crippen LogP contribution in [0.3, 0.4) is 0 Å². The number of hydrogen-bond donors (Lipinski definition) is 2. The second kappa shape index (κ2) is 9.89. The van der Waals surface area contributed by atoms with Crippen molar-refractivity contribution in [2.75, 3.05) is 19.0 Å². The minimum atomic E-state index is -0.426. The summed E-state index contributed by atoms with van der Waals surface area (Å²) in [5, 5.41) is 6.31. The first-order valence-electron chi connectivity index (χ1n) is 9.40. The predicted molar refractivity (Wildman–Crippen MR) is 117 cm³/mol. The van der Waals surface area contributed by atoms with Gasteiger partial charge in [0.05, 0.1) is 12.0 Å². The quantitative estimate of drug-likeness (QED) is 0.541. The topological polar surface area (TPSA) is 67.4 Å². The lowest BCUT2D eigenvalue weighted by molar-refractivity contribution is 0.0606. The lowest BCUT2D eigenvalue weighted by atomic mass is 10.1. The number of carbonyl (C=O) groups excluding carboxylic acids is 2. The van der Waals surface area contributed by atoms with Crippen molar-refractivity contribution in [3.63, 3.8) is 0 Å². The van der Waals surface area contributed by atoms with Gasteiger partial charge in [0.2, 0.25) is 0 Å². The minimum absolute atomic E-state index is 0.179. The molecule has 0 spiro atoms. The lowest BCUT2D eigenvalue weighted by Gasteiger charge is -2.09. The highest BCUT2D eigenvalue weighted by Gasteiger charge is 2.13. The Morgan fingerprint density at radius 1 is 0.966 bits per heavy atom. The number of hydrogen-bond acceptors (Lipinski definition) is 5. The third kappa shape index (κ3) is 5.93. The first kappa shape index (κ1) is 20.6. The standard InChI is InChI=1S/C23H24N2O3S/c1-16-4-3-5-18(14-16)15-25-19-8-6-17(7-9-19)12-13-24-22(26)20-10-11-21(29-20)23(27)28-2/h3-11,14,25H,12-13,15H2,1-2H3,(H,24,26). The fraction of sp³-hybridized carbons (Fsp3) is 0.217. The Kier molecular flexibility index (Phi) is 7.03. The first-order valence-corrected chi connectivity index (χ1v) is 10.2. The Bertz CT molecular complexity index is 980. The Balaban J connectivity index is 1.44. The Hall–Kier alpha value is -3.12. The molecule has 0 aliphatic rings. The highest BCUT2D eigenvalue weighted by atomic mass is 32.1. The zero-order chi connectivity index (χ0) is 20.6. The van der Waals surface area contributed by atoms with Crippen LogP contribution in [0.4, 0.5) is 5.69 Å². The maximum atomic E-state index is 12.2. The van der Waals surface area contributed by atoms with Gasteiger partial charge in [0.15, 0.2) is 0 Å². The predicted octanol–water partition coefficient (Wildman–Crippen LogP) is 4.43. The maximum absolute atomic E-state index is 12.2. The summed E-state index contributed by atoms with van der Waals surface area (Å²) < 4.78 is 4.66. The van der Waals surface area contributed by atoms with E-state index in [9.17, 15) is 9.59 Å². The largest absolute Gasteiger partial charge is 0.465 e. The van der Waals surface area contributed by atoms with Crippen LogP contribution in [0.1, 0.15) is 36.0 Å². The van der Waals surface area contributed by atoms with Gasteiger partial charge < -0.3 is 15.4 Å². The van der Waals surface area contributed by atoms with Crippen LogP contribution in [0.2, 0.25) is 0 Å². The molecule has 1 aromatic heterocycles. The second-order valence-corrected chi connectivity index (χ2v) is 7.78. The van der Waals surface area contributed by atoms with Gasteiger partial charge in [-0.2, -0.15) is 0 Å². The van der Waals surface area contributed by atoms with E-state index in [2.05, 4.69) is 70.8 Å². The summed E-state index contributed by atoms with van der Waals surface area (Å²) in [7, 11) is 1.32. The molecule has 0 bridgehead atoms. The van der Waals surface area contributed by atoms with Gasteiger partial charge in [0.1, 0.15) is 4.88 Å². The third-order valence-electron chi connectivity index (χ3n) is 4.45. The molecule has 0 fully saturated rings. The third-order valence-corrected chi connectivity index (χ3v) is 5.51. The molecule has 0 atom stereocenters. The molecule has 3 rings (SSSR count). The van der Waals surface area contributed by atoms with Crippen LogP contribution in [0.5, 0.6) is 0 Å². The van der Waals surface area contributed by atoms with Crippen LogP contribution in [-0.4, -0.2) is 25.5 Å². The number of esters is 1. The van der Waals surface area contributed by atoms with Crippen LogP contribution in [-0.2, 0) is 17.7 Å². The molecule has 2 aromatic carbocycles. The number of aryl methyl sites for hydroxylation is 1. The van der Waals surface area contributed by atoms with Crippen molar-refractivity contribution >= 4 is 28.9 Å². The summed E-state index contributed by atoms with van der Waals surface area (Å²) in [6.45, 7) is 3.40. The van der Waals surface area contributed by atoms with Gasteiger partial charge in [-0.1, -0.05) is 42.0 Å². The molecule has 1 heterocycles. The van der Waals surface area contributed by atoms with E-state index in [0.717, 1.165) is 35.6 Å². The molecule has 0 aliphatic heterocycles. The number of nitrogens with one attached hydrogen (secondary N) is 2. The Labute approximate surface area is 174 Å². The van der Waals surface area contributed by atoms with Crippen molar-refractivity contribution in [1.29, 1.82) is 0 Å². The van der Waals surface area contributed by atoms with E-state index < -0.39 is 5.97 Å². The summed E-state index contributed by atoms with van der Waals surface area (Å²) in [6, 6.07) is 19.9. The number of amides is 1. The SMILES string of the molecule is COC(=O)c1ccc(C(=O)NCCc2ccc(NCc3cccc(C)c3)cc2)s1. The molecule has 2 N–H and O–H groups in total. The van der Waals surface area contributed by atoms with Crippen molar-refractivity contribution in [3.05, 3.63) is 87.1 Å². The van der Waals surface area contributed by atoms with E-state index in [0.29, 0.717) is 16.3 Å². The van der Waals surface area contributed by atoms with Crippen LogP contribution >= 0.6 is 11.3 Å². The molecule has 1 amide bonds. The van der Waals surface area contributed by atoms with Gasteiger partial charge in [-0.3, -0.25) is 4.79 Å². The zero-order valence-electron chi connectivity index (χ0n) is 16.5. The molecule has 0 aliphatic carbocycles. The van der Waals surface area contributed by atoms with E-state index in [1.807, 2.05) is 0 Å². The summed E-state index contributed by atoms with van der Waals surface area (Å²) in [5.74, 6) is -0.605. The monoisotopic (exact) mass is 408 g/mol. The van der Waals surface area contributed by atoms with Crippen LogP contribution in [0, 0.1) is 6.92 Å². The molecule has 0 unspecified atom stereocenters. The average Bonchev–Trinajstić information content (AvgIpc) is 3.23. The molecule has 3 aromatic rings. The van der Waals surface area contributed by atoms with Crippen molar-refractivity contribution < 1.29 is 14.3 Å². The van der Waals surface area contributed by atoms with E-state index >= 15 is 0 Å². The first-order chi connectivity index (χ1) is 14.0. The fourth-order valence-corrected chi connectivity index (χ4v) is 3.73. The Morgan fingerprint density at radius 3 is 2.45 bits per heavy atom. The molecule has 0 saturated carbocycles. The number of thiophene rings is 1. The van der Waals surface area contributed by atoms with Gasteiger partial charge in [-0.05, 0) is 48.7 Å². The number of ether oxygens (including phenoxy) is 1. The molecule has 29 heavy (non-hydrogen) atoms. The summed E-state index contributed by atoms with van der Waals surface area (Å²) in [4.78, 5) is 24.6. The molecule has 150 valence electrons. The van der Waals surface area contributed by atoms with Crippen molar-refractivity contribution in [1.82, 2.24) is 5.32 Å². The number of rotatable bonds is 8. The normalized spacial score (nSPS) is 10.4. The molecule has 0 saturated heterocycles. The molecule has 6 heteroatoms. The second-order valence-electron chi connectivity index (χ2n) is 6.70.